The van der Waals surface area contributed by atoms with Gasteiger partial charge in [-0.05, 0) is 25.7 Å². The third-order valence-corrected chi connectivity index (χ3v) is 13.4. The highest BCUT2D eigenvalue weighted by Crippen LogP contribution is 2.19. The molecule has 6 heteroatoms. The van der Waals surface area contributed by atoms with E-state index in [1.165, 1.54) is 238 Å². The molecular formula is C56H111NO5. The summed E-state index contributed by atoms with van der Waals surface area (Å²) in [6.45, 7) is 6.53. The van der Waals surface area contributed by atoms with Crippen LogP contribution < -0.4 is 5.32 Å². The van der Waals surface area contributed by atoms with Crippen LogP contribution in [0, 0.1) is 0 Å². The second-order valence-electron chi connectivity index (χ2n) is 19.7. The zero-order chi connectivity index (χ0) is 45.2. The van der Waals surface area contributed by atoms with Crippen molar-refractivity contribution in [1.82, 2.24) is 5.32 Å². The quantitative estimate of drug-likeness (QED) is 0.0418. The minimum atomic E-state index is -0.779. The molecule has 0 aliphatic rings. The Bertz CT molecular complexity index is 898. The largest absolute Gasteiger partial charge is 0.462 e. The van der Waals surface area contributed by atoms with Crippen LogP contribution in [0.25, 0.3) is 0 Å². The van der Waals surface area contributed by atoms with Crippen molar-refractivity contribution in [2.45, 2.75) is 341 Å². The van der Waals surface area contributed by atoms with E-state index >= 15 is 0 Å². The van der Waals surface area contributed by atoms with Crippen LogP contribution in [0.2, 0.25) is 0 Å². The predicted octanol–water partition coefficient (Wildman–Crippen LogP) is 17.1. The fraction of sp³-hybridized carbons (Fsp3) is 0.964. The third-order valence-electron chi connectivity index (χ3n) is 13.4. The Hall–Kier alpha value is -1.14. The molecule has 1 amide bonds. The fourth-order valence-electron chi connectivity index (χ4n) is 9.14. The lowest BCUT2D eigenvalue weighted by molar-refractivity contribution is -0.151. The van der Waals surface area contributed by atoms with Gasteiger partial charge < -0.3 is 20.3 Å². The van der Waals surface area contributed by atoms with E-state index in [0.717, 1.165) is 38.5 Å². The van der Waals surface area contributed by atoms with Crippen molar-refractivity contribution in [2.24, 2.45) is 0 Å². The summed E-state index contributed by atoms with van der Waals surface area (Å²) in [7, 11) is 0. The Morgan fingerprint density at radius 1 is 0.403 bits per heavy atom. The van der Waals surface area contributed by atoms with Crippen molar-refractivity contribution in [3.8, 4) is 0 Å². The van der Waals surface area contributed by atoms with Gasteiger partial charge in [-0.15, -0.1) is 0 Å². The Morgan fingerprint density at radius 2 is 0.677 bits per heavy atom. The van der Waals surface area contributed by atoms with Crippen LogP contribution in [0.1, 0.15) is 323 Å². The molecule has 0 aliphatic carbocycles. The van der Waals surface area contributed by atoms with Crippen molar-refractivity contribution in [3.63, 3.8) is 0 Å². The van der Waals surface area contributed by atoms with Crippen LogP contribution in [-0.4, -0.2) is 46.9 Å². The van der Waals surface area contributed by atoms with Crippen molar-refractivity contribution in [3.05, 3.63) is 0 Å². The SMILES string of the molecule is CCCCCCCCCCCCCCCCCCCC(=O)OC(CCCCCCCCCCCCC)CC(=O)NC(CO)C(O)CCCCCCCCCCCCCCCCC. The molecule has 0 saturated heterocycles. The van der Waals surface area contributed by atoms with Gasteiger partial charge in [0.1, 0.15) is 6.10 Å². The Balaban J connectivity index is 4.41. The maximum absolute atomic E-state index is 13.2. The summed E-state index contributed by atoms with van der Waals surface area (Å²) in [4.78, 5) is 26.2. The number of rotatable bonds is 52. The van der Waals surface area contributed by atoms with E-state index in [4.69, 9.17) is 4.74 Å². The number of hydrogen-bond donors (Lipinski definition) is 3. The summed E-state index contributed by atoms with van der Waals surface area (Å²) in [5.41, 5.74) is 0. The molecule has 0 aromatic heterocycles. The van der Waals surface area contributed by atoms with E-state index in [2.05, 4.69) is 26.1 Å². The van der Waals surface area contributed by atoms with Crippen molar-refractivity contribution in [2.75, 3.05) is 6.61 Å². The highest BCUT2D eigenvalue weighted by Gasteiger charge is 2.24. The number of aliphatic hydroxyl groups is 2. The summed E-state index contributed by atoms with van der Waals surface area (Å²) in [6, 6.07) is -0.692. The van der Waals surface area contributed by atoms with Gasteiger partial charge in [0.2, 0.25) is 5.91 Å². The highest BCUT2D eigenvalue weighted by atomic mass is 16.5. The van der Waals surface area contributed by atoms with Gasteiger partial charge in [0.15, 0.2) is 0 Å². The van der Waals surface area contributed by atoms with Gasteiger partial charge in [0, 0.05) is 6.42 Å². The monoisotopic (exact) mass is 878 g/mol. The van der Waals surface area contributed by atoms with E-state index in [1.54, 1.807) is 0 Å². The fourth-order valence-corrected chi connectivity index (χ4v) is 9.14. The molecule has 3 atom stereocenters. The minimum Gasteiger partial charge on any atom is -0.462 e. The number of unbranched alkanes of at least 4 members (excludes halogenated alkanes) is 40. The molecule has 0 saturated carbocycles. The summed E-state index contributed by atoms with van der Waals surface area (Å²) >= 11 is 0. The second-order valence-corrected chi connectivity index (χ2v) is 19.7. The van der Waals surface area contributed by atoms with Gasteiger partial charge in [0.25, 0.3) is 0 Å². The number of carbonyl (C=O) groups excluding carboxylic acids is 2. The van der Waals surface area contributed by atoms with E-state index in [0.29, 0.717) is 19.3 Å². The van der Waals surface area contributed by atoms with Gasteiger partial charge in [0.05, 0.1) is 25.2 Å². The van der Waals surface area contributed by atoms with Crippen molar-refractivity contribution < 1.29 is 24.5 Å². The summed E-state index contributed by atoms with van der Waals surface area (Å²) < 4.78 is 5.95. The lowest BCUT2D eigenvalue weighted by Gasteiger charge is -2.24. The minimum absolute atomic E-state index is 0.0880. The Morgan fingerprint density at radius 3 is 0.984 bits per heavy atom. The van der Waals surface area contributed by atoms with Gasteiger partial charge in [-0.1, -0.05) is 284 Å². The van der Waals surface area contributed by atoms with Gasteiger partial charge >= 0.3 is 5.97 Å². The maximum atomic E-state index is 13.2. The molecule has 0 aliphatic heterocycles. The molecule has 370 valence electrons. The van der Waals surface area contributed by atoms with Crippen LogP contribution in [0.4, 0.5) is 0 Å². The first-order valence-electron chi connectivity index (χ1n) is 28.3. The van der Waals surface area contributed by atoms with Crippen LogP contribution in [0.3, 0.4) is 0 Å². The van der Waals surface area contributed by atoms with Gasteiger partial charge in [-0.3, -0.25) is 9.59 Å². The normalized spacial score (nSPS) is 13.0. The number of aliphatic hydroxyl groups excluding tert-OH is 2. The lowest BCUT2D eigenvalue weighted by Crippen LogP contribution is -2.46. The molecule has 0 radical (unpaired) electrons. The first-order valence-corrected chi connectivity index (χ1v) is 28.3. The third kappa shape index (κ3) is 45.4. The lowest BCUT2D eigenvalue weighted by atomic mass is 10.0. The zero-order valence-electron chi connectivity index (χ0n) is 42.3. The number of amides is 1. The maximum Gasteiger partial charge on any atom is 0.306 e. The average molecular weight is 879 g/mol. The van der Waals surface area contributed by atoms with Crippen molar-refractivity contribution in [1.29, 1.82) is 0 Å². The molecular weight excluding hydrogens is 767 g/mol. The molecule has 3 unspecified atom stereocenters. The molecule has 0 heterocycles. The van der Waals surface area contributed by atoms with Crippen molar-refractivity contribution >= 4 is 11.9 Å². The first kappa shape index (κ1) is 60.9. The number of hydrogen-bond acceptors (Lipinski definition) is 5. The van der Waals surface area contributed by atoms with E-state index in [1.807, 2.05) is 0 Å². The van der Waals surface area contributed by atoms with Crippen LogP contribution in [-0.2, 0) is 14.3 Å². The topological polar surface area (TPSA) is 95.9 Å². The second kappa shape index (κ2) is 50.9. The van der Waals surface area contributed by atoms with Crippen LogP contribution in [0.5, 0.6) is 0 Å². The van der Waals surface area contributed by atoms with E-state index < -0.39 is 18.2 Å². The molecule has 0 spiro atoms. The molecule has 3 N–H and O–H groups in total. The summed E-state index contributed by atoms with van der Waals surface area (Å²) in [5.74, 6) is -0.447. The zero-order valence-corrected chi connectivity index (χ0v) is 42.3. The van der Waals surface area contributed by atoms with E-state index in [-0.39, 0.29) is 24.9 Å². The number of esters is 1. The Kier molecular flexibility index (Phi) is 49.9. The van der Waals surface area contributed by atoms with Gasteiger partial charge in [-0.2, -0.15) is 0 Å². The van der Waals surface area contributed by atoms with Crippen LogP contribution >= 0.6 is 0 Å². The number of carbonyl (C=O) groups is 2. The average Bonchev–Trinajstić information content (AvgIpc) is 3.26. The first-order chi connectivity index (χ1) is 30.5. The molecule has 62 heavy (non-hydrogen) atoms. The highest BCUT2D eigenvalue weighted by molar-refractivity contribution is 5.77. The molecule has 0 fully saturated rings. The summed E-state index contributed by atoms with van der Waals surface area (Å²) in [6.07, 6.45) is 56.0. The molecule has 6 nitrogen and oxygen atoms in total. The Labute approximate surface area is 387 Å². The summed E-state index contributed by atoms with van der Waals surface area (Å²) in [5, 5.41) is 23.8. The van der Waals surface area contributed by atoms with Crippen LogP contribution in [0.15, 0.2) is 0 Å². The van der Waals surface area contributed by atoms with E-state index in [9.17, 15) is 19.8 Å². The standard InChI is InChI=1S/C56H111NO5/c1-4-7-10-13-16-19-22-24-26-27-29-31-34-37-40-43-46-49-56(61)62-52(47-44-41-38-35-32-21-18-15-12-9-6-3)50-55(60)57-53(51-58)54(59)48-45-42-39-36-33-30-28-25-23-20-17-14-11-8-5-2/h52-54,58-59H,4-51H2,1-3H3,(H,57,60). The predicted molar refractivity (Wildman–Crippen MR) is 269 cm³/mol. The smallest absolute Gasteiger partial charge is 0.306 e. The molecule has 0 bridgehead atoms. The van der Waals surface area contributed by atoms with Gasteiger partial charge in [-0.25, -0.2) is 0 Å². The number of nitrogens with one attached hydrogen (secondary N) is 1. The number of ether oxygens (including phenoxy) is 1. The molecule has 0 aromatic rings. The molecule has 0 aromatic carbocycles. The molecule has 0 rings (SSSR count).